The van der Waals surface area contributed by atoms with Crippen LogP contribution in [0.5, 0.6) is 0 Å². The zero-order valence-electron chi connectivity index (χ0n) is 8.74. The fourth-order valence-corrected chi connectivity index (χ4v) is 2.00. The zero-order chi connectivity index (χ0) is 9.97. The Morgan fingerprint density at radius 1 is 1.29 bits per heavy atom. The number of piperidine rings is 1. The summed E-state index contributed by atoms with van der Waals surface area (Å²) in [4.78, 5) is 2.38. The molecule has 1 saturated heterocycles. The zero-order valence-corrected chi connectivity index (χ0v) is 8.74. The monoisotopic (exact) mass is 190 g/mol. The second kappa shape index (κ2) is 4.01. The summed E-state index contributed by atoms with van der Waals surface area (Å²) in [5.41, 5.74) is 8.58. The third-order valence-corrected chi connectivity index (χ3v) is 2.86. The van der Waals surface area contributed by atoms with Crippen molar-refractivity contribution in [1.82, 2.24) is 0 Å². The number of benzene rings is 1. The van der Waals surface area contributed by atoms with E-state index in [0.29, 0.717) is 6.04 Å². The lowest BCUT2D eigenvalue weighted by Gasteiger charge is -2.32. The summed E-state index contributed by atoms with van der Waals surface area (Å²) >= 11 is 0. The molecule has 2 N–H and O–H groups in total. The van der Waals surface area contributed by atoms with E-state index in [1.807, 2.05) is 0 Å². The smallest absolute Gasteiger partial charge is 0.0366 e. The Labute approximate surface area is 85.7 Å². The molecule has 1 heterocycles. The van der Waals surface area contributed by atoms with Crippen molar-refractivity contribution in [3.63, 3.8) is 0 Å². The van der Waals surface area contributed by atoms with E-state index in [9.17, 15) is 0 Å². The Balaban J connectivity index is 2.10. The lowest BCUT2D eigenvalue weighted by Crippen LogP contribution is -2.42. The molecule has 0 unspecified atom stereocenters. The molecule has 1 aliphatic rings. The van der Waals surface area contributed by atoms with Gasteiger partial charge in [0.15, 0.2) is 0 Å². The SMILES string of the molecule is Cc1ccc(N2CCC[C@H](N)C2)cc1. The molecule has 0 saturated carbocycles. The lowest BCUT2D eigenvalue weighted by molar-refractivity contribution is 0.506. The largest absolute Gasteiger partial charge is 0.370 e. The van der Waals surface area contributed by atoms with E-state index in [-0.39, 0.29) is 0 Å². The number of nitrogens with two attached hydrogens (primary N) is 1. The van der Waals surface area contributed by atoms with Crippen LogP contribution in [0.2, 0.25) is 0 Å². The van der Waals surface area contributed by atoms with Crippen LogP contribution in [-0.4, -0.2) is 19.1 Å². The van der Waals surface area contributed by atoms with Crippen molar-refractivity contribution in [3.05, 3.63) is 29.8 Å². The van der Waals surface area contributed by atoms with Gasteiger partial charge >= 0.3 is 0 Å². The van der Waals surface area contributed by atoms with E-state index in [2.05, 4.69) is 36.1 Å². The maximum atomic E-state index is 5.95. The molecule has 1 aromatic carbocycles. The molecule has 1 aliphatic heterocycles. The second-order valence-corrected chi connectivity index (χ2v) is 4.18. The lowest BCUT2D eigenvalue weighted by atomic mass is 10.1. The van der Waals surface area contributed by atoms with Crippen LogP contribution in [-0.2, 0) is 0 Å². The van der Waals surface area contributed by atoms with Gasteiger partial charge in [0.05, 0.1) is 0 Å². The molecule has 2 heteroatoms. The van der Waals surface area contributed by atoms with Gasteiger partial charge in [0, 0.05) is 24.8 Å². The number of nitrogens with zero attached hydrogens (tertiary/aromatic N) is 1. The van der Waals surface area contributed by atoms with Crippen molar-refractivity contribution in [3.8, 4) is 0 Å². The quantitative estimate of drug-likeness (QED) is 0.733. The van der Waals surface area contributed by atoms with Crippen molar-refractivity contribution in [2.45, 2.75) is 25.8 Å². The molecule has 76 valence electrons. The summed E-state index contributed by atoms with van der Waals surface area (Å²) in [6.07, 6.45) is 2.39. The Bertz CT molecular complexity index is 292. The van der Waals surface area contributed by atoms with Gasteiger partial charge in [0.1, 0.15) is 0 Å². The van der Waals surface area contributed by atoms with Crippen LogP contribution in [0.1, 0.15) is 18.4 Å². The average molecular weight is 190 g/mol. The van der Waals surface area contributed by atoms with Crippen molar-refractivity contribution in [2.75, 3.05) is 18.0 Å². The third-order valence-electron chi connectivity index (χ3n) is 2.86. The van der Waals surface area contributed by atoms with Crippen LogP contribution in [0.25, 0.3) is 0 Å². The van der Waals surface area contributed by atoms with Gasteiger partial charge in [-0.3, -0.25) is 0 Å². The van der Waals surface area contributed by atoms with Crippen LogP contribution in [0, 0.1) is 6.92 Å². The number of anilines is 1. The molecule has 0 aliphatic carbocycles. The molecule has 2 rings (SSSR count). The number of aryl methyl sites for hydroxylation is 1. The van der Waals surface area contributed by atoms with Gasteiger partial charge in [-0.05, 0) is 31.9 Å². The Morgan fingerprint density at radius 2 is 2.00 bits per heavy atom. The first kappa shape index (κ1) is 9.53. The molecule has 1 fully saturated rings. The minimum atomic E-state index is 0.352. The van der Waals surface area contributed by atoms with Crippen LogP contribution < -0.4 is 10.6 Å². The van der Waals surface area contributed by atoms with Gasteiger partial charge in [-0.2, -0.15) is 0 Å². The van der Waals surface area contributed by atoms with E-state index < -0.39 is 0 Å². The summed E-state index contributed by atoms with van der Waals surface area (Å²) in [5.74, 6) is 0. The van der Waals surface area contributed by atoms with Crippen molar-refractivity contribution in [1.29, 1.82) is 0 Å². The third kappa shape index (κ3) is 2.07. The molecular formula is C12H18N2. The van der Waals surface area contributed by atoms with Gasteiger partial charge in [0.2, 0.25) is 0 Å². The molecular weight excluding hydrogens is 172 g/mol. The van der Waals surface area contributed by atoms with Crippen molar-refractivity contribution in [2.24, 2.45) is 5.73 Å². The molecule has 2 nitrogen and oxygen atoms in total. The van der Waals surface area contributed by atoms with E-state index in [1.54, 1.807) is 0 Å². The van der Waals surface area contributed by atoms with Crippen LogP contribution in [0.3, 0.4) is 0 Å². The fourth-order valence-electron chi connectivity index (χ4n) is 2.00. The number of hydrogen-bond acceptors (Lipinski definition) is 2. The maximum absolute atomic E-state index is 5.95. The number of rotatable bonds is 1. The van der Waals surface area contributed by atoms with Crippen LogP contribution >= 0.6 is 0 Å². The molecule has 1 atom stereocenters. The number of hydrogen-bond donors (Lipinski definition) is 1. The van der Waals surface area contributed by atoms with Gasteiger partial charge in [-0.15, -0.1) is 0 Å². The van der Waals surface area contributed by atoms with Gasteiger partial charge in [-0.25, -0.2) is 0 Å². The van der Waals surface area contributed by atoms with Crippen LogP contribution in [0.4, 0.5) is 5.69 Å². The Morgan fingerprint density at radius 3 is 2.64 bits per heavy atom. The molecule has 0 amide bonds. The molecule has 0 spiro atoms. The average Bonchev–Trinajstić information content (AvgIpc) is 2.19. The van der Waals surface area contributed by atoms with E-state index in [0.717, 1.165) is 13.1 Å². The standard InChI is InChI=1S/C12H18N2/c1-10-4-6-12(7-5-10)14-8-2-3-11(13)9-14/h4-7,11H,2-3,8-9,13H2,1H3/t11-/m0/s1. The highest BCUT2D eigenvalue weighted by molar-refractivity contribution is 5.48. The molecule has 0 radical (unpaired) electrons. The van der Waals surface area contributed by atoms with E-state index >= 15 is 0 Å². The maximum Gasteiger partial charge on any atom is 0.0366 e. The highest BCUT2D eigenvalue weighted by Crippen LogP contribution is 2.19. The van der Waals surface area contributed by atoms with E-state index in [1.165, 1.54) is 24.1 Å². The molecule has 0 bridgehead atoms. The summed E-state index contributed by atoms with van der Waals surface area (Å²) in [5, 5.41) is 0. The van der Waals surface area contributed by atoms with Crippen LogP contribution in [0.15, 0.2) is 24.3 Å². The highest BCUT2D eigenvalue weighted by Gasteiger charge is 2.16. The predicted molar refractivity (Wildman–Crippen MR) is 60.6 cm³/mol. The Hall–Kier alpha value is -1.02. The van der Waals surface area contributed by atoms with Crippen molar-refractivity contribution >= 4 is 5.69 Å². The topological polar surface area (TPSA) is 29.3 Å². The predicted octanol–water partition coefficient (Wildman–Crippen LogP) is 1.92. The summed E-state index contributed by atoms with van der Waals surface area (Å²) in [6, 6.07) is 9.05. The highest BCUT2D eigenvalue weighted by atomic mass is 15.1. The Kier molecular flexibility index (Phi) is 2.73. The molecule has 14 heavy (non-hydrogen) atoms. The minimum absolute atomic E-state index is 0.352. The summed E-state index contributed by atoms with van der Waals surface area (Å²) in [7, 11) is 0. The fraction of sp³-hybridized carbons (Fsp3) is 0.500. The molecule has 1 aromatic rings. The normalized spacial score (nSPS) is 22.4. The molecule has 0 aromatic heterocycles. The van der Waals surface area contributed by atoms with Crippen molar-refractivity contribution < 1.29 is 0 Å². The first-order chi connectivity index (χ1) is 6.75. The van der Waals surface area contributed by atoms with E-state index in [4.69, 9.17) is 5.73 Å². The minimum Gasteiger partial charge on any atom is -0.370 e. The van der Waals surface area contributed by atoms with Gasteiger partial charge in [0.25, 0.3) is 0 Å². The second-order valence-electron chi connectivity index (χ2n) is 4.18. The summed E-state index contributed by atoms with van der Waals surface area (Å²) in [6.45, 7) is 4.27. The summed E-state index contributed by atoms with van der Waals surface area (Å²) < 4.78 is 0. The first-order valence-electron chi connectivity index (χ1n) is 5.33. The van der Waals surface area contributed by atoms with Gasteiger partial charge < -0.3 is 10.6 Å². The van der Waals surface area contributed by atoms with Gasteiger partial charge in [-0.1, -0.05) is 17.7 Å². The first-order valence-corrected chi connectivity index (χ1v) is 5.33.